The molecule has 0 atom stereocenters. The minimum absolute atomic E-state index is 0.270. The lowest BCUT2D eigenvalue weighted by Gasteiger charge is -2.35. The van der Waals surface area contributed by atoms with E-state index in [1.165, 1.54) is 7.11 Å². The summed E-state index contributed by atoms with van der Waals surface area (Å²) in [7, 11) is 1.36. The summed E-state index contributed by atoms with van der Waals surface area (Å²) >= 11 is 0. The first-order valence-corrected chi connectivity index (χ1v) is 6.19. The van der Waals surface area contributed by atoms with Gasteiger partial charge in [0.25, 0.3) is 0 Å². The second-order valence-electron chi connectivity index (χ2n) is 4.19. The Bertz CT molecular complexity index is 252. The third kappa shape index (κ3) is 5.17. The molecule has 0 aliphatic carbocycles. The molecule has 0 aliphatic heterocycles. The number of nitrogens with zero attached hydrogens (tertiary/aromatic N) is 2. The number of hydrogen-bond acceptors (Lipinski definition) is 4. The SMILES string of the molecule is CC[N+](CC)(CC)C/C(CCC(=O)OC)=N/O. The third-order valence-corrected chi connectivity index (χ3v) is 3.52. The Balaban J connectivity index is 4.43. The Hall–Kier alpha value is -1.10. The largest absolute Gasteiger partial charge is 0.469 e. The van der Waals surface area contributed by atoms with E-state index in [0.717, 1.165) is 24.1 Å². The van der Waals surface area contributed by atoms with Crippen LogP contribution in [0.25, 0.3) is 0 Å². The Kier molecular flexibility index (Phi) is 7.54. The van der Waals surface area contributed by atoms with Crippen molar-refractivity contribution in [3.63, 3.8) is 0 Å². The average Bonchev–Trinajstić information content (AvgIpc) is 2.39. The zero-order chi connectivity index (χ0) is 13.3. The second-order valence-corrected chi connectivity index (χ2v) is 4.19. The highest BCUT2D eigenvalue weighted by Gasteiger charge is 2.24. The smallest absolute Gasteiger partial charge is 0.305 e. The van der Waals surface area contributed by atoms with Gasteiger partial charge in [0.1, 0.15) is 12.3 Å². The first-order valence-electron chi connectivity index (χ1n) is 6.19. The van der Waals surface area contributed by atoms with E-state index in [-0.39, 0.29) is 12.4 Å². The van der Waals surface area contributed by atoms with Gasteiger partial charge in [-0.15, -0.1) is 0 Å². The molecule has 0 radical (unpaired) electrons. The number of hydrogen-bond donors (Lipinski definition) is 1. The monoisotopic (exact) mass is 245 g/mol. The lowest BCUT2D eigenvalue weighted by Crippen LogP contribution is -2.50. The van der Waals surface area contributed by atoms with Crippen LogP contribution in [0.1, 0.15) is 33.6 Å². The molecular formula is C12H25N2O3+. The highest BCUT2D eigenvalue weighted by molar-refractivity contribution is 5.88. The maximum absolute atomic E-state index is 11.0. The molecule has 5 nitrogen and oxygen atoms in total. The van der Waals surface area contributed by atoms with Gasteiger partial charge in [-0.25, -0.2) is 0 Å². The first-order chi connectivity index (χ1) is 8.07. The van der Waals surface area contributed by atoms with Gasteiger partial charge in [-0.05, 0) is 20.8 Å². The van der Waals surface area contributed by atoms with E-state index >= 15 is 0 Å². The van der Waals surface area contributed by atoms with E-state index in [1.54, 1.807) is 0 Å². The molecule has 0 aromatic carbocycles. The van der Waals surface area contributed by atoms with Crippen molar-refractivity contribution in [2.45, 2.75) is 33.6 Å². The van der Waals surface area contributed by atoms with Crippen molar-refractivity contribution in [3.8, 4) is 0 Å². The van der Waals surface area contributed by atoms with Gasteiger partial charge in [-0.2, -0.15) is 0 Å². The summed E-state index contributed by atoms with van der Waals surface area (Å²) in [6, 6.07) is 0. The fourth-order valence-corrected chi connectivity index (χ4v) is 1.90. The summed E-state index contributed by atoms with van der Waals surface area (Å²) in [5, 5.41) is 12.3. The number of ether oxygens (including phenoxy) is 1. The van der Waals surface area contributed by atoms with Crippen molar-refractivity contribution in [2.75, 3.05) is 33.3 Å². The molecule has 0 bridgehead atoms. The summed E-state index contributed by atoms with van der Waals surface area (Å²) in [5.74, 6) is -0.270. The fraction of sp³-hybridized carbons (Fsp3) is 0.833. The summed E-state index contributed by atoms with van der Waals surface area (Å²) in [6.07, 6.45) is 0.732. The number of quaternary nitrogens is 1. The van der Waals surface area contributed by atoms with Crippen LogP contribution in [0.5, 0.6) is 0 Å². The molecule has 5 heteroatoms. The van der Waals surface area contributed by atoms with Gasteiger partial charge >= 0.3 is 5.97 Å². The van der Waals surface area contributed by atoms with Crippen LogP contribution in [-0.2, 0) is 9.53 Å². The van der Waals surface area contributed by atoms with Crippen molar-refractivity contribution < 1.29 is 19.2 Å². The summed E-state index contributed by atoms with van der Waals surface area (Å²) in [5.41, 5.74) is 0.668. The van der Waals surface area contributed by atoms with Gasteiger partial charge < -0.3 is 14.4 Å². The highest BCUT2D eigenvalue weighted by Crippen LogP contribution is 2.08. The molecule has 0 rings (SSSR count). The Labute approximate surface area is 104 Å². The van der Waals surface area contributed by atoms with Crippen molar-refractivity contribution in [1.82, 2.24) is 0 Å². The van der Waals surface area contributed by atoms with E-state index in [4.69, 9.17) is 5.21 Å². The molecule has 0 spiro atoms. The quantitative estimate of drug-likeness (QED) is 0.232. The second kappa shape index (κ2) is 8.06. The van der Waals surface area contributed by atoms with Crippen LogP contribution in [0.3, 0.4) is 0 Å². The van der Waals surface area contributed by atoms with Crippen LogP contribution >= 0.6 is 0 Å². The topological polar surface area (TPSA) is 58.9 Å². The Morgan fingerprint density at radius 2 is 1.71 bits per heavy atom. The number of rotatable bonds is 8. The van der Waals surface area contributed by atoms with Gasteiger partial charge in [-0.3, -0.25) is 4.79 Å². The van der Waals surface area contributed by atoms with Crippen molar-refractivity contribution >= 4 is 11.7 Å². The summed E-state index contributed by atoms with van der Waals surface area (Å²) in [4.78, 5) is 11.0. The molecule has 17 heavy (non-hydrogen) atoms. The normalized spacial score (nSPS) is 12.6. The number of methoxy groups -OCH3 is 1. The molecule has 0 aliphatic rings. The van der Waals surface area contributed by atoms with Gasteiger partial charge in [-0.1, -0.05) is 5.16 Å². The lowest BCUT2D eigenvalue weighted by atomic mass is 10.1. The van der Waals surface area contributed by atoms with Crippen LogP contribution in [0.4, 0.5) is 0 Å². The molecule has 0 amide bonds. The van der Waals surface area contributed by atoms with E-state index in [9.17, 15) is 4.79 Å². The first kappa shape index (κ1) is 15.9. The standard InChI is InChI=1S/C12H24N2O3/c1-5-14(6-2,7-3)10-11(13-16)8-9-12(15)17-4/h5-10H2,1-4H3/p+1/b13-11+. The van der Waals surface area contributed by atoms with Crippen LogP contribution in [0, 0.1) is 0 Å². The summed E-state index contributed by atoms with van der Waals surface area (Å²) < 4.78 is 5.45. The fourth-order valence-electron chi connectivity index (χ4n) is 1.90. The maximum Gasteiger partial charge on any atom is 0.305 e. The van der Waals surface area contributed by atoms with Crippen molar-refractivity contribution in [1.29, 1.82) is 0 Å². The minimum Gasteiger partial charge on any atom is -0.469 e. The number of esters is 1. The van der Waals surface area contributed by atoms with Crippen LogP contribution in [0.15, 0.2) is 5.16 Å². The third-order valence-electron chi connectivity index (χ3n) is 3.52. The van der Waals surface area contributed by atoms with Crippen LogP contribution in [-0.4, -0.2) is 54.7 Å². The summed E-state index contributed by atoms with van der Waals surface area (Å²) in [6.45, 7) is 10.0. The van der Waals surface area contributed by atoms with Crippen LogP contribution < -0.4 is 0 Å². The van der Waals surface area contributed by atoms with Gasteiger partial charge in [0, 0.05) is 6.42 Å². The van der Waals surface area contributed by atoms with Crippen molar-refractivity contribution in [2.24, 2.45) is 5.16 Å². The zero-order valence-corrected chi connectivity index (χ0v) is 11.4. The Morgan fingerprint density at radius 1 is 1.18 bits per heavy atom. The molecule has 100 valence electrons. The Morgan fingerprint density at radius 3 is 2.06 bits per heavy atom. The molecule has 1 N–H and O–H groups in total. The molecule has 0 aromatic rings. The zero-order valence-electron chi connectivity index (χ0n) is 11.4. The van der Waals surface area contributed by atoms with Gasteiger partial charge in [0.15, 0.2) is 0 Å². The van der Waals surface area contributed by atoms with Crippen molar-refractivity contribution in [3.05, 3.63) is 0 Å². The number of carbonyl (C=O) groups excluding carboxylic acids is 1. The molecular weight excluding hydrogens is 220 g/mol. The predicted molar refractivity (Wildman–Crippen MR) is 67.2 cm³/mol. The van der Waals surface area contributed by atoms with Gasteiger partial charge in [0.2, 0.25) is 0 Å². The molecule has 0 unspecified atom stereocenters. The molecule has 0 saturated carbocycles. The molecule has 0 saturated heterocycles. The minimum atomic E-state index is -0.270. The molecule has 0 heterocycles. The highest BCUT2D eigenvalue weighted by atomic mass is 16.5. The number of carbonyl (C=O) groups is 1. The van der Waals surface area contributed by atoms with Gasteiger partial charge in [0.05, 0.1) is 33.2 Å². The average molecular weight is 245 g/mol. The number of oxime groups is 1. The van der Waals surface area contributed by atoms with E-state index < -0.39 is 0 Å². The molecule has 0 aromatic heterocycles. The maximum atomic E-state index is 11.0. The lowest BCUT2D eigenvalue weighted by molar-refractivity contribution is -0.914. The predicted octanol–water partition coefficient (Wildman–Crippen LogP) is 1.65. The molecule has 0 fully saturated rings. The van der Waals surface area contributed by atoms with E-state index in [2.05, 4.69) is 30.7 Å². The van der Waals surface area contributed by atoms with E-state index in [0.29, 0.717) is 18.7 Å². The van der Waals surface area contributed by atoms with E-state index in [1.807, 2.05) is 0 Å². The van der Waals surface area contributed by atoms with Crippen LogP contribution in [0.2, 0.25) is 0 Å².